The Morgan fingerprint density at radius 2 is 1.82 bits per heavy atom. The van der Waals surface area contributed by atoms with Gasteiger partial charge in [0.2, 0.25) is 11.8 Å². The van der Waals surface area contributed by atoms with E-state index in [2.05, 4.69) is 15.5 Å². The van der Waals surface area contributed by atoms with E-state index in [-0.39, 0.29) is 34.4 Å². The molecule has 2 amide bonds. The van der Waals surface area contributed by atoms with E-state index in [1.807, 2.05) is 13.1 Å². The highest BCUT2D eigenvalue weighted by molar-refractivity contribution is 6.31. The molecule has 2 saturated carbocycles. The summed E-state index contributed by atoms with van der Waals surface area (Å²) in [7, 11) is 1.92. The largest absolute Gasteiger partial charge is 0.352 e. The van der Waals surface area contributed by atoms with Gasteiger partial charge in [-0.2, -0.15) is 0 Å². The van der Waals surface area contributed by atoms with Crippen molar-refractivity contribution in [3.63, 3.8) is 0 Å². The predicted octanol–water partition coefficient (Wildman–Crippen LogP) is 6.00. The number of rotatable bonds is 4. The minimum Gasteiger partial charge on any atom is -0.352 e. The average Bonchev–Trinajstić information content (AvgIpc) is 3.35. The topological polar surface area (TPSA) is 78.5 Å². The number of nitrogens with zero attached hydrogens (tertiary/aromatic N) is 1. The van der Waals surface area contributed by atoms with Gasteiger partial charge in [-0.05, 0) is 74.9 Å². The van der Waals surface area contributed by atoms with Crippen LogP contribution in [-0.4, -0.2) is 47.7 Å². The number of nitrogens with one attached hydrogen (secondary N) is 2. The molecule has 2 heterocycles. The summed E-state index contributed by atoms with van der Waals surface area (Å²) in [5.74, 6) is -1.87. The van der Waals surface area contributed by atoms with Gasteiger partial charge in [0, 0.05) is 34.1 Å². The number of amides is 2. The number of hydrogen-bond donors (Lipinski definition) is 2. The van der Waals surface area contributed by atoms with Gasteiger partial charge in [-0.15, -0.1) is 0 Å². The van der Waals surface area contributed by atoms with Crippen molar-refractivity contribution < 1.29 is 18.8 Å². The molecular weight excluding hydrogens is 552 g/mol. The number of aldehydes is 1. The molecule has 3 atom stereocenters. The molecule has 0 unspecified atom stereocenters. The van der Waals surface area contributed by atoms with Crippen LogP contribution in [0.3, 0.4) is 0 Å². The summed E-state index contributed by atoms with van der Waals surface area (Å²) in [5.41, 5.74) is -0.321. The van der Waals surface area contributed by atoms with Gasteiger partial charge in [0.05, 0.1) is 11.1 Å². The highest BCUT2D eigenvalue weighted by atomic mass is 35.5. The first-order valence-corrected chi connectivity index (χ1v) is 15.0. The zero-order chi connectivity index (χ0) is 28.2. The number of carbonyl (C=O) groups is 3. The molecule has 212 valence electrons. The van der Waals surface area contributed by atoms with Crippen LogP contribution in [0.4, 0.5) is 10.1 Å². The van der Waals surface area contributed by atoms with Gasteiger partial charge in [-0.1, -0.05) is 60.7 Å². The third-order valence-electron chi connectivity index (χ3n) is 10.2. The number of fused-ring (bicyclic) bond motifs is 3. The fraction of sp³-hybridized carbons (Fsp3) is 0.516. The second kappa shape index (κ2) is 10.4. The number of anilines is 1. The van der Waals surface area contributed by atoms with Crippen molar-refractivity contribution in [1.82, 2.24) is 10.2 Å². The average molecular weight is 587 g/mol. The zero-order valence-corrected chi connectivity index (χ0v) is 24.0. The monoisotopic (exact) mass is 585 g/mol. The first-order valence-electron chi connectivity index (χ1n) is 14.3. The molecule has 9 heteroatoms. The molecule has 0 aromatic heterocycles. The smallest absolute Gasteiger partial charge is 0.238 e. The third-order valence-corrected chi connectivity index (χ3v) is 10.7. The minimum atomic E-state index is -1.23. The van der Waals surface area contributed by atoms with Crippen LogP contribution in [-0.2, 0) is 19.8 Å². The standard InChI is InChI=1S/C31H34Cl2FN3O3/c1-37-27(28(39)35-20-11-8-18(17-38)9-12-20)25(21-6-5-7-23(33)26(21)34)31(30(37)14-3-2-4-15-30)22-13-10-19(32)16-24(22)36-29(31)40/h5-7,10,13,16-18,20,25,27H,2-4,8-9,11-12,14-15H2,1H3,(H,35,39)(H,36,40)/t18?,20?,25-,27+,31+/m0/s1. The van der Waals surface area contributed by atoms with E-state index >= 15 is 4.39 Å². The van der Waals surface area contributed by atoms with Crippen molar-refractivity contribution in [2.24, 2.45) is 5.92 Å². The molecular formula is C31H34Cl2FN3O3. The van der Waals surface area contributed by atoms with Crippen LogP contribution >= 0.6 is 23.2 Å². The summed E-state index contributed by atoms with van der Waals surface area (Å²) < 4.78 is 16.0. The molecule has 3 fully saturated rings. The van der Waals surface area contributed by atoms with E-state index in [0.29, 0.717) is 36.4 Å². The molecule has 0 bridgehead atoms. The number of carbonyl (C=O) groups excluding carboxylic acids is 3. The van der Waals surface area contributed by atoms with Gasteiger partial charge in [0.25, 0.3) is 0 Å². The third kappa shape index (κ3) is 3.95. The lowest BCUT2D eigenvalue weighted by Crippen LogP contribution is -2.60. The van der Waals surface area contributed by atoms with Gasteiger partial charge in [0.1, 0.15) is 17.5 Å². The van der Waals surface area contributed by atoms with Crippen LogP contribution < -0.4 is 10.6 Å². The summed E-state index contributed by atoms with van der Waals surface area (Å²) in [6, 6.07) is 9.33. The Labute approximate surface area is 244 Å². The SMILES string of the molecule is CN1[C@@H](C(=O)NC2CCC(C=O)CC2)[C@H](c2cccc(Cl)c2F)[C@]2(C(=O)Nc3cc(Cl)ccc32)C12CCCCC2. The Kier molecular flexibility index (Phi) is 7.21. The number of benzene rings is 2. The lowest BCUT2D eigenvalue weighted by molar-refractivity contribution is -0.128. The van der Waals surface area contributed by atoms with Gasteiger partial charge in [-0.3, -0.25) is 14.5 Å². The van der Waals surface area contributed by atoms with Crippen LogP contribution in [0.1, 0.15) is 74.8 Å². The second-order valence-electron chi connectivity index (χ2n) is 12.0. The van der Waals surface area contributed by atoms with Gasteiger partial charge < -0.3 is 15.4 Å². The Bertz CT molecular complexity index is 1360. The van der Waals surface area contributed by atoms with E-state index in [1.165, 1.54) is 6.07 Å². The Balaban J connectivity index is 1.54. The predicted molar refractivity (Wildman–Crippen MR) is 153 cm³/mol. The van der Waals surface area contributed by atoms with Crippen LogP contribution in [0.2, 0.25) is 10.0 Å². The molecule has 0 radical (unpaired) electrons. The molecule has 6 nitrogen and oxygen atoms in total. The molecule has 2 aromatic rings. The fourth-order valence-electron chi connectivity index (χ4n) is 8.43. The van der Waals surface area contributed by atoms with Crippen LogP contribution in [0.15, 0.2) is 36.4 Å². The molecule has 2 aliphatic heterocycles. The molecule has 2 spiro atoms. The van der Waals surface area contributed by atoms with E-state index in [1.54, 1.807) is 24.3 Å². The number of likely N-dealkylation sites (N-methyl/N-ethyl adjacent to an activating group) is 1. The molecule has 1 saturated heterocycles. The van der Waals surface area contributed by atoms with Crippen molar-refractivity contribution >= 4 is 47.0 Å². The number of halogens is 3. The Hall–Kier alpha value is -2.48. The van der Waals surface area contributed by atoms with Crippen LogP contribution in [0.25, 0.3) is 0 Å². The number of hydrogen-bond acceptors (Lipinski definition) is 4. The lowest BCUT2D eigenvalue weighted by atomic mass is 9.55. The van der Waals surface area contributed by atoms with Crippen molar-refractivity contribution in [3.05, 3.63) is 63.4 Å². The van der Waals surface area contributed by atoms with E-state index < -0.39 is 28.7 Å². The van der Waals surface area contributed by atoms with Crippen LogP contribution in [0.5, 0.6) is 0 Å². The molecule has 40 heavy (non-hydrogen) atoms. The molecule has 2 N–H and O–H groups in total. The summed E-state index contributed by atoms with van der Waals surface area (Å²) in [6.07, 6.45) is 8.11. The van der Waals surface area contributed by atoms with Crippen molar-refractivity contribution in [2.75, 3.05) is 12.4 Å². The fourth-order valence-corrected chi connectivity index (χ4v) is 8.79. The maximum atomic E-state index is 16.0. The molecule has 6 rings (SSSR count). The molecule has 2 aromatic carbocycles. The summed E-state index contributed by atoms with van der Waals surface area (Å²) in [6.45, 7) is 0. The zero-order valence-electron chi connectivity index (χ0n) is 22.5. The Morgan fingerprint density at radius 3 is 2.52 bits per heavy atom. The van der Waals surface area contributed by atoms with E-state index in [0.717, 1.165) is 44.0 Å². The number of likely N-dealkylation sites (tertiary alicyclic amines) is 1. The maximum absolute atomic E-state index is 16.0. The van der Waals surface area contributed by atoms with Gasteiger partial charge in [-0.25, -0.2) is 4.39 Å². The minimum absolute atomic E-state index is 0.0231. The first-order chi connectivity index (χ1) is 19.2. The normalized spacial score (nSPS) is 31.2. The molecule has 2 aliphatic carbocycles. The summed E-state index contributed by atoms with van der Waals surface area (Å²) in [5, 5.41) is 6.77. The Morgan fingerprint density at radius 1 is 1.10 bits per heavy atom. The maximum Gasteiger partial charge on any atom is 0.238 e. The van der Waals surface area contributed by atoms with Crippen molar-refractivity contribution in [1.29, 1.82) is 0 Å². The quantitative estimate of drug-likeness (QED) is 0.431. The van der Waals surface area contributed by atoms with E-state index in [4.69, 9.17) is 23.2 Å². The second-order valence-corrected chi connectivity index (χ2v) is 12.8. The van der Waals surface area contributed by atoms with Crippen molar-refractivity contribution in [3.8, 4) is 0 Å². The van der Waals surface area contributed by atoms with E-state index in [9.17, 15) is 14.4 Å². The van der Waals surface area contributed by atoms with Gasteiger partial charge >= 0.3 is 0 Å². The van der Waals surface area contributed by atoms with Gasteiger partial charge in [0.15, 0.2) is 0 Å². The first kappa shape index (κ1) is 27.7. The molecule has 4 aliphatic rings. The summed E-state index contributed by atoms with van der Waals surface area (Å²) in [4.78, 5) is 42.2. The summed E-state index contributed by atoms with van der Waals surface area (Å²) >= 11 is 12.7. The highest BCUT2D eigenvalue weighted by Crippen LogP contribution is 2.66. The van der Waals surface area contributed by atoms with Crippen molar-refractivity contribution in [2.45, 2.75) is 86.7 Å². The van der Waals surface area contributed by atoms with Crippen LogP contribution in [0, 0.1) is 11.7 Å². The highest BCUT2D eigenvalue weighted by Gasteiger charge is 2.74. The lowest BCUT2D eigenvalue weighted by Gasteiger charge is -2.49.